The van der Waals surface area contributed by atoms with Crippen LogP contribution in [0.3, 0.4) is 0 Å². The number of nitrogens with zero attached hydrogens (tertiary/aromatic N) is 1. The summed E-state index contributed by atoms with van der Waals surface area (Å²) in [6.45, 7) is 2.14. The molecule has 0 saturated carbocycles. The Labute approximate surface area is 111 Å². The van der Waals surface area contributed by atoms with Crippen molar-refractivity contribution in [3.05, 3.63) is 0 Å². The molecule has 19 heavy (non-hydrogen) atoms. The van der Waals surface area contributed by atoms with Crippen LogP contribution in [0.4, 0.5) is 4.79 Å². The van der Waals surface area contributed by atoms with Crippen molar-refractivity contribution >= 4 is 17.9 Å². The zero-order valence-electron chi connectivity index (χ0n) is 11.1. The second-order valence-corrected chi connectivity index (χ2v) is 3.92. The number of aliphatic carboxylic acids is 1. The van der Waals surface area contributed by atoms with Crippen LogP contribution in [0.2, 0.25) is 0 Å². The number of carboxylic acid groups (broad SMARTS) is 1. The van der Waals surface area contributed by atoms with Gasteiger partial charge in [-0.05, 0) is 6.42 Å². The number of carbonyl (C=O) groups excluding carboxylic acids is 2. The minimum absolute atomic E-state index is 0.0935. The van der Waals surface area contributed by atoms with Gasteiger partial charge in [0.05, 0.1) is 6.61 Å². The SMILES string of the molecule is CCCCN(CC(N)=O)C(=O)NCCOCC(=O)O. The number of amides is 3. The number of carboxylic acids is 1. The maximum Gasteiger partial charge on any atom is 0.329 e. The molecular formula is C11H21N3O5. The number of primary amides is 1. The zero-order valence-corrected chi connectivity index (χ0v) is 11.1. The molecule has 0 aromatic carbocycles. The first-order valence-electron chi connectivity index (χ1n) is 6.08. The van der Waals surface area contributed by atoms with Crippen LogP contribution in [0.1, 0.15) is 19.8 Å². The molecule has 8 heteroatoms. The number of nitrogens with two attached hydrogens (primary N) is 1. The van der Waals surface area contributed by atoms with E-state index in [1.54, 1.807) is 0 Å². The molecule has 4 N–H and O–H groups in total. The Balaban J connectivity index is 3.95. The Morgan fingerprint density at radius 1 is 1.37 bits per heavy atom. The molecule has 8 nitrogen and oxygen atoms in total. The fourth-order valence-corrected chi connectivity index (χ4v) is 1.29. The first kappa shape index (κ1) is 17.2. The van der Waals surface area contributed by atoms with Crippen LogP contribution in [-0.2, 0) is 14.3 Å². The molecule has 0 radical (unpaired) electrons. The van der Waals surface area contributed by atoms with Crippen LogP contribution < -0.4 is 11.1 Å². The van der Waals surface area contributed by atoms with Crippen molar-refractivity contribution in [3.8, 4) is 0 Å². The molecule has 0 unspecified atom stereocenters. The van der Waals surface area contributed by atoms with E-state index in [1.807, 2.05) is 6.92 Å². The molecule has 110 valence electrons. The van der Waals surface area contributed by atoms with Gasteiger partial charge in [0.1, 0.15) is 13.2 Å². The lowest BCUT2D eigenvalue weighted by atomic mass is 10.3. The van der Waals surface area contributed by atoms with Gasteiger partial charge in [-0.15, -0.1) is 0 Å². The summed E-state index contributed by atoms with van der Waals surface area (Å²) in [6, 6.07) is -0.411. The molecule has 0 spiro atoms. The van der Waals surface area contributed by atoms with Crippen molar-refractivity contribution in [1.29, 1.82) is 0 Å². The first-order chi connectivity index (χ1) is 8.97. The van der Waals surface area contributed by atoms with Gasteiger partial charge in [-0.1, -0.05) is 13.3 Å². The van der Waals surface area contributed by atoms with E-state index in [9.17, 15) is 14.4 Å². The van der Waals surface area contributed by atoms with Gasteiger partial charge in [-0.25, -0.2) is 9.59 Å². The zero-order chi connectivity index (χ0) is 14.7. The first-order valence-corrected chi connectivity index (χ1v) is 6.08. The number of hydrogen-bond acceptors (Lipinski definition) is 4. The van der Waals surface area contributed by atoms with Gasteiger partial charge in [0.2, 0.25) is 5.91 Å². The third-order valence-corrected chi connectivity index (χ3v) is 2.16. The molecule has 0 fully saturated rings. The van der Waals surface area contributed by atoms with Gasteiger partial charge in [0.25, 0.3) is 0 Å². The normalized spacial score (nSPS) is 9.95. The van der Waals surface area contributed by atoms with Crippen LogP contribution in [-0.4, -0.2) is 60.8 Å². The summed E-state index contributed by atoms with van der Waals surface area (Å²) in [6.07, 6.45) is 1.67. The maximum atomic E-state index is 11.7. The predicted octanol–water partition coefficient (Wildman–Crippen LogP) is -0.615. The standard InChI is InChI=1S/C11H21N3O5/c1-2-3-5-14(7-9(12)15)11(18)13-4-6-19-8-10(16)17/h2-8H2,1H3,(H2,12,15)(H,13,18)(H,16,17). The molecule has 3 amide bonds. The Morgan fingerprint density at radius 2 is 2.05 bits per heavy atom. The smallest absolute Gasteiger partial charge is 0.329 e. The Bertz CT molecular complexity index is 309. The topological polar surface area (TPSA) is 122 Å². The van der Waals surface area contributed by atoms with Crippen molar-refractivity contribution in [2.45, 2.75) is 19.8 Å². The van der Waals surface area contributed by atoms with E-state index in [0.29, 0.717) is 6.54 Å². The summed E-state index contributed by atoms with van der Waals surface area (Å²) < 4.78 is 4.76. The van der Waals surface area contributed by atoms with E-state index in [1.165, 1.54) is 4.90 Å². The Hall–Kier alpha value is -1.83. The van der Waals surface area contributed by atoms with Gasteiger partial charge in [-0.2, -0.15) is 0 Å². The summed E-state index contributed by atoms with van der Waals surface area (Å²) in [5, 5.41) is 10.9. The summed E-state index contributed by atoms with van der Waals surface area (Å²) >= 11 is 0. The summed E-state index contributed by atoms with van der Waals surface area (Å²) in [7, 11) is 0. The van der Waals surface area contributed by atoms with Crippen molar-refractivity contribution in [2.24, 2.45) is 5.73 Å². The number of unbranched alkanes of at least 4 members (excludes halogenated alkanes) is 1. The van der Waals surface area contributed by atoms with E-state index in [0.717, 1.165) is 12.8 Å². The second-order valence-electron chi connectivity index (χ2n) is 3.92. The molecule has 0 heterocycles. The lowest BCUT2D eigenvalue weighted by molar-refractivity contribution is -0.142. The monoisotopic (exact) mass is 275 g/mol. The van der Waals surface area contributed by atoms with E-state index in [2.05, 4.69) is 5.32 Å². The van der Waals surface area contributed by atoms with Crippen LogP contribution in [0, 0.1) is 0 Å². The van der Waals surface area contributed by atoms with E-state index >= 15 is 0 Å². The highest BCUT2D eigenvalue weighted by Gasteiger charge is 2.14. The molecule has 0 saturated heterocycles. The molecule has 0 atom stereocenters. The number of carbonyl (C=O) groups is 3. The lowest BCUT2D eigenvalue weighted by Gasteiger charge is -2.21. The average Bonchev–Trinajstić information content (AvgIpc) is 2.32. The van der Waals surface area contributed by atoms with E-state index in [4.69, 9.17) is 15.6 Å². The van der Waals surface area contributed by atoms with Gasteiger partial charge in [-0.3, -0.25) is 4.79 Å². The molecule has 0 aliphatic rings. The highest BCUT2D eigenvalue weighted by atomic mass is 16.5. The summed E-state index contributed by atoms with van der Waals surface area (Å²) in [5.74, 6) is -1.64. The van der Waals surface area contributed by atoms with Gasteiger partial charge < -0.3 is 25.8 Å². The fourth-order valence-electron chi connectivity index (χ4n) is 1.29. The van der Waals surface area contributed by atoms with E-state index in [-0.39, 0.29) is 19.7 Å². The minimum Gasteiger partial charge on any atom is -0.480 e. The number of rotatable bonds is 10. The molecule has 0 aromatic heterocycles. The molecule has 0 rings (SSSR count). The summed E-state index contributed by atoms with van der Waals surface area (Å²) in [5.41, 5.74) is 5.06. The van der Waals surface area contributed by atoms with Crippen LogP contribution in [0.15, 0.2) is 0 Å². The number of ether oxygens (including phenoxy) is 1. The van der Waals surface area contributed by atoms with Crippen molar-refractivity contribution in [3.63, 3.8) is 0 Å². The van der Waals surface area contributed by atoms with Gasteiger partial charge in [0.15, 0.2) is 0 Å². The van der Waals surface area contributed by atoms with Crippen LogP contribution in [0.5, 0.6) is 0 Å². The van der Waals surface area contributed by atoms with Crippen LogP contribution in [0.25, 0.3) is 0 Å². The highest BCUT2D eigenvalue weighted by Crippen LogP contribution is 1.95. The molecular weight excluding hydrogens is 254 g/mol. The number of urea groups is 1. The average molecular weight is 275 g/mol. The van der Waals surface area contributed by atoms with Crippen molar-refractivity contribution in [1.82, 2.24) is 10.2 Å². The Kier molecular flexibility index (Phi) is 9.15. The fraction of sp³-hybridized carbons (Fsp3) is 0.727. The van der Waals surface area contributed by atoms with Gasteiger partial charge in [0, 0.05) is 13.1 Å². The lowest BCUT2D eigenvalue weighted by Crippen LogP contribution is -2.45. The van der Waals surface area contributed by atoms with Crippen molar-refractivity contribution < 1.29 is 24.2 Å². The third kappa shape index (κ3) is 9.83. The van der Waals surface area contributed by atoms with E-state index < -0.39 is 24.5 Å². The predicted molar refractivity (Wildman–Crippen MR) is 67.5 cm³/mol. The molecule has 0 bridgehead atoms. The minimum atomic E-state index is -1.07. The number of nitrogens with one attached hydrogen (secondary N) is 1. The second kappa shape index (κ2) is 10.1. The highest BCUT2D eigenvalue weighted by molar-refractivity contribution is 5.82. The van der Waals surface area contributed by atoms with Gasteiger partial charge >= 0.3 is 12.0 Å². The molecule has 0 aromatic rings. The van der Waals surface area contributed by atoms with Crippen molar-refractivity contribution in [2.75, 3.05) is 32.8 Å². The molecule has 0 aliphatic carbocycles. The maximum absolute atomic E-state index is 11.7. The molecule has 0 aliphatic heterocycles. The summed E-state index contributed by atoms with van der Waals surface area (Å²) in [4.78, 5) is 34.1. The Morgan fingerprint density at radius 3 is 2.58 bits per heavy atom. The quantitative estimate of drug-likeness (QED) is 0.459. The largest absolute Gasteiger partial charge is 0.480 e. The van der Waals surface area contributed by atoms with Crippen LogP contribution >= 0.6 is 0 Å². The third-order valence-electron chi connectivity index (χ3n) is 2.16. The number of hydrogen-bond donors (Lipinski definition) is 3.